The first-order valence-corrected chi connectivity index (χ1v) is 6.37. The number of pyridine rings is 1. The van der Waals surface area contributed by atoms with Crippen LogP contribution in [0.2, 0.25) is 0 Å². The van der Waals surface area contributed by atoms with Crippen LogP contribution in [-0.2, 0) is 6.54 Å². The molecule has 2 N–H and O–H groups in total. The van der Waals surface area contributed by atoms with Gasteiger partial charge in [0.2, 0.25) is 0 Å². The monoisotopic (exact) mass is 232 g/mol. The van der Waals surface area contributed by atoms with Crippen LogP contribution in [0.3, 0.4) is 0 Å². The first-order chi connectivity index (χ1) is 8.22. The summed E-state index contributed by atoms with van der Waals surface area (Å²) in [5, 5.41) is 0. The van der Waals surface area contributed by atoms with E-state index < -0.39 is 0 Å². The van der Waals surface area contributed by atoms with Crippen LogP contribution < -0.4 is 5.73 Å². The molecule has 0 amide bonds. The van der Waals surface area contributed by atoms with Gasteiger partial charge in [0.1, 0.15) is 5.82 Å². The zero-order valence-electron chi connectivity index (χ0n) is 10.3. The van der Waals surface area contributed by atoms with Crippen molar-refractivity contribution in [2.45, 2.75) is 31.5 Å². The largest absolute Gasteiger partial charge is 0.384 e. The predicted octanol–water partition coefficient (Wildman–Crippen LogP) is 0.942. The van der Waals surface area contributed by atoms with E-state index in [0.29, 0.717) is 5.82 Å². The predicted molar refractivity (Wildman–Crippen MR) is 68.5 cm³/mol. The number of hydrogen-bond donors (Lipinski definition) is 1. The van der Waals surface area contributed by atoms with Gasteiger partial charge in [0.05, 0.1) is 0 Å². The fourth-order valence-corrected chi connectivity index (χ4v) is 3.12. The molecular weight excluding hydrogens is 212 g/mol. The number of anilines is 1. The highest BCUT2D eigenvalue weighted by molar-refractivity contribution is 5.29. The van der Waals surface area contributed by atoms with E-state index in [1.165, 1.54) is 31.5 Å². The number of nitrogens with two attached hydrogens (primary N) is 1. The van der Waals surface area contributed by atoms with Crippen LogP contribution in [0.5, 0.6) is 0 Å². The van der Waals surface area contributed by atoms with Crippen molar-refractivity contribution in [2.24, 2.45) is 0 Å². The van der Waals surface area contributed by atoms with Gasteiger partial charge in [-0.15, -0.1) is 0 Å². The third-order valence-electron chi connectivity index (χ3n) is 4.18. The van der Waals surface area contributed by atoms with Crippen molar-refractivity contribution in [1.82, 2.24) is 14.8 Å². The molecule has 0 spiro atoms. The molecule has 1 aromatic rings. The van der Waals surface area contributed by atoms with Crippen LogP contribution in [-0.4, -0.2) is 47.0 Å². The lowest BCUT2D eigenvalue weighted by Crippen LogP contribution is -2.51. The number of rotatable bonds is 2. The van der Waals surface area contributed by atoms with Crippen molar-refractivity contribution >= 4 is 5.82 Å². The van der Waals surface area contributed by atoms with Crippen molar-refractivity contribution in [2.75, 3.05) is 25.9 Å². The smallest absolute Gasteiger partial charge is 0.123 e. The zero-order valence-corrected chi connectivity index (χ0v) is 10.3. The van der Waals surface area contributed by atoms with E-state index in [4.69, 9.17) is 5.73 Å². The van der Waals surface area contributed by atoms with Gasteiger partial charge in [-0.05, 0) is 31.5 Å². The summed E-state index contributed by atoms with van der Waals surface area (Å²) in [7, 11) is 2.27. The molecule has 3 heterocycles. The topological polar surface area (TPSA) is 45.4 Å². The summed E-state index contributed by atoms with van der Waals surface area (Å²) in [6, 6.07) is 5.49. The maximum atomic E-state index is 5.60. The van der Waals surface area contributed by atoms with Crippen LogP contribution in [0.25, 0.3) is 0 Å². The van der Waals surface area contributed by atoms with Crippen molar-refractivity contribution < 1.29 is 0 Å². The first kappa shape index (κ1) is 11.0. The normalized spacial score (nSPS) is 29.7. The van der Waals surface area contributed by atoms with Gasteiger partial charge in [-0.25, -0.2) is 4.98 Å². The summed E-state index contributed by atoms with van der Waals surface area (Å²) >= 11 is 0. The highest BCUT2D eigenvalue weighted by Crippen LogP contribution is 2.28. The number of likely N-dealkylation sites (N-methyl/N-ethyl adjacent to an activating group) is 1. The minimum absolute atomic E-state index is 0.604. The molecule has 0 radical (unpaired) electrons. The Morgan fingerprint density at radius 2 is 2.00 bits per heavy atom. The van der Waals surface area contributed by atoms with E-state index >= 15 is 0 Å². The zero-order chi connectivity index (χ0) is 11.8. The van der Waals surface area contributed by atoms with E-state index in [-0.39, 0.29) is 0 Å². The molecule has 4 nitrogen and oxygen atoms in total. The maximum absolute atomic E-state index is 5.60. The van der Waals surface area contributed by atoms with Crippen molar-refractivity contribution in [3.63, 3.8) is 0 Å². The standard InChI is InChI=1S/C13H20N4/c1-16-11-3-4-12(16)9-17(8-11)7-10-2-5-13(14)15-6-10/h2,5-6,11-12H,3-4,7-9H2,1H3,(H2,14,15). The second kappa shape index (κ2) is 4.27. The molecule has 4 heteroatoms. The lowest BCUT2D eigenvalue weighted by atomic mass is 10.1. The third kappa shape index (κ3) is 2.15. The van der Waals surface area contributed by atoms with E-state index in [1.807, 2.05) is 12.3 Å². The average molecular weight is 232 g/mol. The van der Waals surface area contributed by atoms with Gasteiger partial charge in [0.25, 0.3) is 0 Å². The van der Waals surface area contributed by atoms with Crippen LogP contribution in [0.4, 0.5) is 5.82 Å². The lowest BCUT2D eigenvalue weighted by Gasteiger charge is -2.38. The molecule has 0 saturated carbocycles. The fourth-order valence-electron chi connectivity index (χ4n) is 3.12. The van der Waals surface area contributed by atoms with E-state index in [1.54, 1.807) is 0 Å². The van der Waals surface area contributed by atoms with Crippen LogP contribution in [0, 0.1) is 0 Å². The lowest BCUT2D eigenvalue weighted by molar-refractivity contribution is 0.0837. The number of hydrogen-bond acceptors (Lipinski definition) is 4. The van der Waals surface area contributed by atoms with Gasteiger partial charge in [0.15, 0.2) is 0 Å². The molecule has 2 aliphatic heterocycles. The molecule has 0 aliphatic carbocycles. The number of nitrogens with zero attached hydrogens (tertiary/aromatic N) is 3. The Kier molecular flexibility index (Phi) is 2.76. The summed E-state index contributed by atoms with van der Waals surface area (Å²) in [5.74, 6) is 0.604. The second-order valence-electron chi connectivity index (χ2n) is 5.34. The van der Waals surface area contributed by atoms with Gasteiger partial charge < -0.3 is 5.73 Å². The summed E-state index contributed by atoms with van der Waals surface area (Å²) < 4.78 is 0. The minimum Gasteiger partial charge on any atom is -0.384 e. The van der Waals surface area contributed by atoms with Crippen LogP contribution >= 0.6 is 0 Å². The summed E-state index contributed by atoms with van der Waals surface area (Å²) in [5.41, 5.74) is 6.87. The number of nitrogen functional groups attached to an aromatic ring is 1. The second-order valence-corrected chi connectivity index (χ2v) is 5.34. The average Bonchev–Trinajstić information content (AvgIpc) is 2.55. The Labute approximate surface area is 102 Å². The molecular formula is C13H20N4. The van der Waals surface area contributed by atoms with Gasteiger partial charge in [-0.1, -0.05) is 6.07 Å². The maximum Gasteiger partial charge on any atom is 0.123 e. The molecule has 3 rings (SSSR count). The molecule has 2 unspecified atom stereocenters. The van der Waals surface area contributed by atoms with Gasteiger partial charge in [0, 0.05) is 37.9 Å². The first-order valence-electron chi connectivity index (χ1n) is 6.37. The SMILES string of the molecule is CN1C2CCC1CN(Cc1ccc(N)nc1)C2. The molecule has 2 aliphatic rings. The molecule has 92 valence electrons. The summed E-state index contributed by atoms with van der Waals surface area (Å²) in [6.07, 6.45) is 4.62. The molecule has 2 fully saturated rings. The molecule has 17 heavy (non-hydrogen) atoms. The van der Waals surface area contributed by atoms with Gasteiger partial charge in [-0.3, -0.25) is 9.80 Å². The highest BCUT2D eigenvalue weighted by Gasteiger charge is 2.37. The van der Waals surface area contributed by atoms with Crippen molar-refractivity contribution in [3.05, 3.63) is 23.9 Å². The Balaban J connectivity index is 1.65. The summed E-state index contributed by atoms with van der Waals surface area (Å²) in [6.45, 7) is 3.39. The van der Waals surface area contributed by atoms with E-state index in [2.05, 4.69) is 27.9 Å². The Morgan fingerprint density at radius 3 is 2.59 bits per heavy atom. The number of fused-ring (bicyclic) bond motifs is 2. The highest BCUT2D eigenvalue weighted by atomic mass is 15.3. The number of likely N-dealkylation sites (tertiary alicyclic amines) is 1. The fraction of sp³-hybridized carbons (Fsp3) is 0.615. The molecule has 2 bridgehead atoms. The van der Waals surface area contributed by atoms with Crippen LogP contribution in [0.1, 0.15) is 18.4 Å². The Hall–Kier alpha value is -1.13. The molecule has 2 atom stereocenters. The Bertz CT molecular complexity index is 375. The molecule has 0 aromatic carbocycles. The van der Waals surface area contributed by atoms with E-state index in [0.717, 1.165) is 18.6 Å². The van der Waals surface area contributed by atoms with Crippen molar-refractivity contribution in [1.29, 1.82) is 0 Å². The van der Waals surface area contributed by atoms with Crippen molar-refractivity contribution in [3.8, 4) is 0 Å². The van der Waals surface area contributed by atoms with E-state index in [9.17, 15) is 0 Å². The third-order valence-corrected chi connectivity index (χ3v) is 4.18. The van der Waals surface area contributed by atoms with Gasteiger partial charge >= 0.3 is 0 Å². The molecule has 1 aromatic heterocycles. The quantitative estimate of drug-likeness (QED) is 0.824. The molecule has 2 saturated heterocycles. The number of aromatic nitrogens is 1. The van der Waals surface area contributed by atoms with Gasteiger partial charge in [-0.2, -0.15) is 0 Å². The minimum atomic E-state index is 0.604. The van der Waals surface area contributed by atoms with Crippen LogP contribution in [0.15, 0.2) is 18.3 Å². The Morgan fingerprint density at radius 1 is 1.29 bits per heavy atom. The summed E-state index contributed by atoms with van der Waals surface area (Å²) in [4.78, 5) is 9.26. The number of piperazine rings is 1.